The van der Waals surface area contributed by atoms with E-state index in [1.165, 1.54) is 0 Å². The molecule has 1 atom stereocenters. The van der Waals surface area contributed by atoms with Crippen LogP contribution < -0.4 is 9.47 Å². The summed E-state index contributed by atoms with van der Waals surface area (Å²) in [5, 5.41) is 3.36. The lowest BCUT2D eigenvalue weighted by Crippen LogP contribution is -2.45. The van der Waals surface area contributed by atoms with Gasteiger partial charge in [-0.3, -0.25) is 19.6 Å². The zero-order chi connectivity index (χ0) is 40.7. The van der Waals surface area contributed by atoms with Crippen molar-refractivity contribution in [3.63, 3.8) is 0 Å². The van der Waals surface area contributed by atoms with Crippen molar-refractivity contribution in [1.29, 1.82) is 0 Å². The fourth-order valence-electron chi connectivity index (χ4n) is 8.07. The molecule has 3 fully saturated rings. The van der Waals surface area contributed by atoms with Crippen LogP contribution in [0.2, 0.25) is 10.0 Å². The van der Waals surface area contributed by atoms with Crippen molar-refractivity contribution in [2.75, 3.05) is 32.8 Å². The number of benzene rings is 4. The van der Waals surface area contributed by atoms with Gasteiger partial charge in [-0.1, -0.05) is 84.7 Å². The average molecular weight is 832 g/mol. The Morgan fingerprint density at radius 3 is 2.00 bits per heavy atom. The van der Waals surface area contributed by atoms with E-state index >= 15 is 0 Å². The van der Waals surface area contributed by atoms with Gasteiger partial charge in [0.2, 0.25) is 5.91 Å². The lowest BCUT2D eigenvalue weighted by molar-refractivity contribution is -0.142. The Bertz CT molecular complexity index is 2390. The summed E-state index contributed by atoms with van der Waals surface area (Å²) in [7, 11) is 0. The number of hydrogen-bond donors (Lipinski definition) is 0. The van der Waals surface area contributed by atoms with Crippen LogP contribution in [-0.2, 0) is 14.3 Å². The summed E-state index contributed by atoms with van der Waals surface area (Å²) < 4.78 is 17.8. The van der Waals surface area contributed by atoms with Gasteiger partial charge in [0.05, 0.1) is 21.1 Å². The zero-order valence-electron chi connectivity index (χ0n) is 33.2. The first-order chi connectivity index (χ1) is 28.8. The first-order valence-corrected chi connectivity index (χ1v) is 21.4. The molecule has 11 heteroatoms. The van der Waals surface area contributed by atoms with Gasteiger partial charge >= 0.3 is 0 Å². The topological polar surface area (TPSA) is 94.1 Å². The number of nitrogens with zero attached hydrogens (tertiary/aromatic N) is 4. The van der Waals surface area contributed by atoms with Gasteiger partial charge in [-0.25, -0.2) is 0 Å². The lowest BCUT2D eigenvalue weighted by Gasteiger charge is -2.33. The number of carbonyl (C=O) groups is 2. The van der Waals surface area contributed by atoms with Gasteiger partial charge in [-0.05, 0) is 72.0 Å². The normalized spacial score (nSPS) is 17.4. The number of piperidine rings is 2. The predicted octanol–water partition coefficient (Wildman–Crippen LogP) is 10.4. The van der Waals surface area contributed by atoms with E-state index in [9.17, 15) is 9.59 Å². The first-order valence-electron chi connectivity index (χ1n) is 20.6. The SMILES string of the molecule is CCC(=O)N1CCC(Oc2ccc(-c3ccc4c(Cl)ccnc4c3)cc2)CC1.O=C(C1CCCO1)N1CCC(Oc2ccc(-c3ccc4cccnc4c3Cl)cc2)CC1. The summed E-state index contributed by atoms with van der Waals surface area (Å²) in [6.07, 6.45) is 9.36. The number of likely N-dealkylation sites (tertiary alicyclic amines) is 2. The Morgan fingerprint density at radius 1 is 0.712 bits per heavy atom. The van der Waals surface area contributed by atoms with Gasteiger partial charge in [0.15, 0.2) is 0 Å². The third-order valence-electron chi connectivity index (χ3n) is 11.4. The van der Waals surface area contributed by atoms with Gasteiger partial charge in [-0.15, -0.1) is 0 Å². The summed E-state index contributed by atoms with van der Waals surface area (Å²) in [6.45, 7) is 5.62. The Balaban J connectivity index is 0.000000165. The van der Waals surface area contributed by atoms with Gasteiger partial charge in [-0.2, -0.15) is 0 Å². The van der Waals surface area contributed by atoms with Crippen molar-refractivity contribution in [2.24, 2.45) is 0 Å². The number of halogens is 2. The van der Waals surface area contributed by atoms with Crippen LogP contribution in [-0.4, -0.2) is 82.7 Å². The fourth-order valence-corrected chi connectivity index (χ4v) is 8.61. The summed E-state index contributed by atoms with van der Waals surface area (Å²) in [4.78, 5) is 37.0. The molecule has 3 aliphatic heterocycles. The minimum atomic E-state index is -0.234. The largest absolute Gasteiger partial charge is 0.490 e. The van der Waals surface area contributed by atoms with Crippen LogP contribution in [0.15, 0.2) is 109 Å². The number of pyridine rings is 2. The summed E-state index contributed by atoms with van der Waals surface area (Å²) >= 11 is 12.8. The Morgan fingerprint density at radius 2 is 1.36 bits per heavy atom. The Labute approximate surface area is 355 Å². The number of rotatable bonds is 8. The molecule has 2 aromatic heterocycles. The summed E-state index contributed by atoms with van der Waals surface area (Å²) in [5.41, 5.74) is 5.90. The highest BCUT2D eigenvalue weighted by Gasteiger charge is 2.31. The Kier molecular flexibility index (Phi) is 12.9. The van der Waals surface area contributed by atoms with E-state index in [0.717, 1.165) is 120 Å². The average Bonchev–Trinajstić information content (AvgIpc) is 3.83. The Hall–Kier alpha value is -5.22. The van der Waals surface area contributed by atoms with Crippen molar-refractivity contribution in [2.45, 2.75) is 70.2 Å². The standard InChI is InChI=1S/C25H25ClN2O3.C23H23ClN2O2/c26-23-21(10-7-18-3-1-13-27-24(18)23)17-5-8-19(9-6-17)31-20-11-14-28(15-12-20)25(29)22-4-2-16-30-22;1-2-23(27)26-13-10-19(11-14-26)28-18-6-3-16(4-7-18)17-5-8-20-21(24)9-12-25-22(20)15-17/h1,3,5-10,13,20,22H,2,4,11-12,14-16H2;3-9,12,15,19H,2,10-11,13-14H2,1H3. The molecular weight excluding hydrogens is 783 g/mol. The molecule has 2 amide bonds. The van der Waals surface area contributed by atoms with Gasteiger partial charge < -0.3 is 24.0 Å². The third-order valence-corrected chi connectivity index (χ3v) is 12.1. The molecule has 0 aliphatic carbocycles. The summed E-state index contributed by atoms with van der Waals surface area (Å²) in [5.74, 6) is 2.07. The minimum Gasteiger partial charge on any atom is -0.490 e. The van der Waals surface area contributed by atoms with Crippen molar-refractivity contribution in [3.05, 3.63) is 120 Å². The molecule has 0 spiro atoms. The molecule has 6 aromatic rings. The second-order valence-corrected chi connectivity index (χ2v) is 16.1. The molecule has 3 aliphatic rings. The molecule has 4 aromatic carbocycles. The van der Waals surface area contributed by atoms with Crippen LogP contribution in [0.4, 0.5) is 0 Å². The molecule has 0 saturated carbocycles. The van der Waals surface area contributed by atoms with Crippen molar-refractivity contribution < 1.29 is 23.8 Å². The van der Waals surface area contributed by atoms with Crippen LogP contribution in [0, 0.1) is 0 Å². The van der Waals surface area contributed by atoms with Gasteiger partial charge in [0.25, 0.3) is 5.91 Å². The molecule has 9 nitrogen and oxygen atoms in total. The highest BCUT2D eigenvalue weighted by molar-refractivity contribution is 6.38. The monoisotopic (exact) mass is 830 g/mol. The number of hydrogen-bond acceptors (Lipinski definition) is 7. The zero-order valence-corrected chi connectivity index (χ0v) is 34.7. The highest BCUT2D eigenvalue weighted by Crippen LogP contribution is 2.35. The molecule has 1 unspecified atom stereocenters. The third kappa shape index (κ3) is 9.65. The number of carbonyl (C=O) groups excluding carboxylic acids is 2. The lowest BCUT2D eigenvalue weighted by atomic mass is 10.0. The molecule has 304 valence electrons. The van der Waals surface area contributed by atoms with E-state index in [0.29, 0.717) is 23.1 Å². The predicted molar refractivity (Wildman–Crippen MR) is 234 cm³/mol. The molecule has 3 saturated heterocycles. The van der Waals surface area contributed by atoms with E-state index in [4.69, 9.17) is 37.4 Å². The maximum absolute atomic E-state index is 12.5. The fraction of sp³-hybridized carbons (Fsp3) is 0.333. The molecular formula is C48H48Cl2N4O5. The number of aromatic nitrogens is 2. The van der Waals surface area contributed by atoms with Crippen molar-refractivity contribution in [3.8, 4) is 33.8 Å². The van der Waals surface area contributed by atoms with Crippen LogP contribution in [0.5, 0.6) is 11.5 Å². The number of amides is 2. The van der Waals surface area contributed by atoms with Crippen molar-refractivity contribution >= 4 is 56.8 Å². The molecule has 5 heterocycles. The van der Waals surface area contributed by atoms with Crippen LogP contribution in [0.3, 0.4) is 0 Å². The van der Waals surface area contributed by atoms with Gasteiger partial charge in [0.1, 0.15) is 29.8 Å². The molecule has 59 heavy (non-hydrogen) atoms. The molecule has 9 rings (SSSR count). The highest BCUT2D eigenvalue weighted by atomic mass is 35.5. The molecule has 0 N–H and O–H groups in total. The van der Waals surface area contributed by atoms with E-state index in [1.54, 1.807) is 18.5 Å². The first kappa shape index (κ1) is 40.6. The minimum absolute atomic E-state index is 0.118. The summed E-state index contributed by atoms with van der Waals surface area (Å²) in [6, 6.07) is 32.1. The quantitative estimate of drug-likeness (QED) is 0.151. The smallest absolute Gasteiger partial charge is 0.251 e. The second-order valence-electron chi connectivity index (χ2n) is 15.3. The molecule has 0 radical (unpaired) electrons. The van der Waals surface area contributed by atoms with Crippen LogP contribution >= 0.6 is 23.2 Å². The molecule has 0 bridgehead atoms. The van der Waals surface area contributed by atoms with Gasteiger partial charge in [0, 0.05) is 93.6 Å². The number of fused-ring (bicyclic) bond motifs is 2. The van der Waals surface area contributed by atoms with Crippen LogP contribution in [0.1, 0.15) is 51.9 Å². The van der Waals surface area contributed by atoms with E-state index in [2.05, 4.69) is 34.2 Å². The van der Waals surface area contributed by atoms with Crippen molar-refractivity contribution in [1.82, 2.24) is 19.8 Å². The maximum atomic E-state index is 12.5. The van der Waals surface area contributed by atoms with E-state index < -0.39 is 0 Å². The van der Waals surface area contributed by atoms with E-state index in [1.807, 2.05) is 83.5 Å². The van der Waals surface area contributed by atoms with Crippen LogP contribution in [0.25, 0.3) is 44.1 Å². The number of ether oxygens (including phenoxy) is 3. The second kappa shape index (κ2) is 18.8. The maximum Gasteiger partial charge on any atom is 0.251 e. The van der Waals surface area contributed by atoms with E-state index in [-0.39, 0.29) is 30.1 Å².